The number of likely N-dealkylation sites (tertiary alicyclic amines) is 1. The Kier molecular flexibility index (Phi) is 7.99. The van der Waals surface area contributed by atoms with Crippen molar-refractivity contribution in [1.82, 2.24) is 4.90 Å². The van der Waals surface area contributed by atoms with Crippen LogP contribution in [0.4, 0.5) is 5.69 Å². The van der Waals surface area contributed by atoms with E-state index >= 15 is 0 Å². The second-order valence-electron chi connectivity index (χ2n) is 8.81. The molecule has 1 heterocycles. The highest BCUT2D eigenvalue weighted by Crippen LogP contribution is 2.40. The van der Waals surface area contributed by atoms with Gasteiger partial charge in [0, 0.05) is 39.0 Å². The SMILES string of the molecule is CCOc1ccc(/C(O)=C2/C(=O)C(=O)N(CCOC)C2c2ccc(N(C)C)cc2)cc1C(C)C. The lowest BCUT2D eigenvalue weighted by Gasteiger charge is -2.25. The molecule has 1 aliphatic heterocycles. The number of benzene rings is 2. The van der Waals surface area contributed by atoms with E-state index in [0.717, 1.165) is 22.6 Å². The maximum atomic E-state index is 13.2. The Balaban J connectivity index is 2.16. The van der Waals surface area contributed by atoms with Gasteiger partial charge in [-0.2, -0.15) is 0 Å². The molecule has 1 unspecified atom stereocenters. The summed E-state index contributed by atoms with van der Waals surface area (Å²) in [7, 11) is 5.43. The summed E-state index contributed by atoms with van der Waals surface area (Å²) in [5, 5.41) is 11.4. The minimum atomic E-state index is -0.708. The van der Waals surface area contributed by atoms with Crippen LogP contribution in [0, 0.1) is 0 Å². The lowest BCUT2D eigenvalue weighted by molar-refractivity contribution is -0.140. The number of anilines is 1. The average molecular weight is 467 g/mol. The van der Waals surface area contributed by atoms with Crippen molar-refractivity contribution >= 4 is 23.1 Å². The van der Waals surface area contributed by atoms with Gasteiger partial charge in [0.1, 0.15) is 11.5 Å². The largest absolute Gasteiger partial charge is 0.507 e. The highest BCUT2D eigenvalue weighted by molar-refractivity contribution is 6.46. The van der Waals surface area contributed by atoms with Crippen LogP contribution < -0.4 is 9.64 Å². The second kappa shape index (κ2) is 10.7. The van der Waals surface area contributed by atoms with Gasteiger partial charge in [-0.15, -0.1) is 0 Å². The number of nitrogens with zero attached hydrogens (tertiary/aromatic N) is 2. The Labute approximate surface area is 201 Å². The molecule has 0 saturated carbocycles. The van der Waals surface area contributed by atoms with Crippen molar-refractivity contribution in [3.05, 3.63) is 64.7 Å². The van der Waals surface area contributed by atoms with E-state index < -0.39 is 17.7 Å². The van der Waals surface area contributed by atoms with Crippen LogP contribution in [0.25, 0.3) is 5.76 Å². The lowest BCUT2D eigenvalue weighted by atomic mass is 9.93. The fourth-order valence-corrected chi connectivity index (χ4v) is 4.19. The van der Waals surface area contributed by atoms with Gasteiger partial charge >= 0.3 is 0 Å². The Morgan fingerprint density at radius 2 is 1.79 bits per heavy atom. The average Bonchev–Trinajstić information content (AvgIpc) is 3.07. The lowest BCUT2D eigenvalue weighted by Crippen LogP contribution is -2.32. The molecule has 1 atom stereocenters. The van der Waals surface area contributed by atoms with E-state index in [0.29, 0.717) is 12.2 Å². The smallest absolute Gasteiger partial charge is 0.295 e. The summed E-state index contributed by atoms with van der Waals surface area (Å²) < 4.78 is 10.9. The van der Waals surface area contributed by atoms with Crippen LogP contribution in [0.1, 0.15) is 49.4 Å². The number of amides is 1. The van der Waals surface area contributed by atoms with E-state index in [9.17, 15) is 14.7 Å². The summed E-state index contributed by atoms with van der Waals surface area (Å²) in [6.07, 6.45) is 0. The molecule has 3 rings (SSSR count). The van der Waals surface area contributed by atoms with Gasteiger partial charge in [0.25, 0.3) is 11.7 Å². The van der Waals surface area contributed by atoms with E-state index in [1.54, 1.807) is 19.2 Å². The van der Waals surface area contributed by atoms with Crippen molar-refractivity contribution in [2.75, 3.05) is 45.9 Å². The van der Waals surface area contributed by atoms with Crippen molar-refractivity contribution in [3.63, 3.8) is 0 Å². The molecule has 2 aromatic rings. The highest BCUT2D eigenvalue weighted by atomic mass is 16.5. The molecular formula is C27H34N2O5. The third kappa shape index (κ3) is 4.94. The number of carbonyl (C=O) groups excluding carboxylic acids is 2. The van der Waals surface area contributed by atoms with Gasteiger partial charge < -0.3 is 24.4 Å². The minimum Gasteiger partial charge on any atom is -0.507 e. The number of hydrogen-bond donors (Lipinski definition) is 1. The Morgan fingerprint density at radius 1 is 1.12 bits per heavy atom. The third-order valence-corrected chi connectivity index (χ3v) is 6.01. The number of aliphatic hydroxyl groups excluding tert-OH is 1. The van der Waals surface area contributed by atoms with Crippen LogP contribution in [0.3, 0.4) is 0 Å². The molecule has 0 bridgehead atoms. The molecule has 7 heteroatoms. The molecule has 2 aromatic carbocycles. The maximum Gasteiger partial charge on any atom is 0.295 e. The monoisotopic (exact) mass is 466 g/mol. The molecule has 0 radical (unpaired) electrons. The molecule has 0 aliphatic carbocycles. The summed E-state index contributed by atoms with van der Waals surface area (Å²) in [6, 6.07) is 12.3. The van der Waals surface area contributed by atoms with E-state index in [4.69, 9.17) is 9.47 Å². The number of aliphatic hydroxyl groups is 1. The van der Waals surface area contributed by atoms with Crippen LogP contribution in [0.2, 0.25) is 0 Å². The van der Waals surface area contributed by atoms with Crippen molar-refractivity contribution in [2.45, 2.75) is 32.7 Å². The molecule has 0 spiro atoms. The standard InChI is InChI=1S/C27H34N2O5/c1-7-34-22-13-10-19(16-21(22)17(2)3)25(30)23-24(18-8-11-20(12-9-18)28(4)5)29(14-15-33-6)27(32)26(23)31/h8-13,16-17,24,30H,7,14-15H2,1-6H3/b25-23-. The zero-order valence-electron chi connectivity index (χ0n) is 20.8. The van der Waals surface area contributed by atoms with Crippen molar-refractivity contribution in [1.29, 1.82) is 0 Å². The van der Waals surface area contributed by atoms with Gasteiger partial charge in [-0.05, 0) is 54.3 Å². The minimum absolute atomic E-state index is 0.0811. The molecule has 34 heavy (non-hydrogen) atoms. The summed E-state index contributed by atoms with van der Waals surface area (Å²) in [5.41, 5.74) is 3.22. The number of rotatable bonds is 9. The van der Waals surface area contributed by atoms with E-state index in [-0.39, 0.29) is 30.4 Å². The Hall–Kier alpha value is -3.32. The van der Waals surface area contributed by atoms with E-state index in [2.05, 4.69) is 0 Å². The van der Waals surface area contributed by atoms with Gasteiger partial charge in [-0.3, -0.25) is 9.59 Å². The molecule has 1 fully saturated rings. The van der Waals surface area contributed by atoms with Gasteiger partial charge in [0.2, 0.25) is 0 Å². The van der Waals surface area contributed by atoms with E-state index in [1.165, 1.54) is 4.90 Å². The topological polar surface area (TPSA) is 79.3 Å². The van der Waals surface area contributed by atoms with Crippen LogP contribution in [0.5, 0.6) is 5.75 Å². The first kappa shape index (κ1) is 25.3. The predicted octanol–water partition coefficient (Wildman–Crippen LogP) is 4.34. The van der Waals surface area contributed by atoms with Crippen LogP contribution >= 0.6 is 0 Å². The van der Waals surface area contributed by atoms with Gasteiger partial charge in [-0.1, -0.05) is 26.0 Å². The number of Topliss-reactive ketones (excluding diaryl/α,β-unsaturated/α-hetero) is 1. The molecule has 182 valence electrons. The van der Waals surface area contributed by atoms with E-state index in [1.807, 2.05) is 70.1 Å². The molecule has 1 amide bonds. The Bertz CT molecular complexity index is 1070. The zero-order valence-corrected chi connectivity index (χ0v) is 20.8. The molecule has 7 nitrogen and oxygen atoms in total. The fraction of sp³-hybridized carbons (Fsp3) is 0.407. The quantitative estimate of drug-likeness (QED) is 0.336. The normalized spacial score (nSPS) is 17.5. The molecular weight excluding hydrogens is 432 g/mol. The van der Waals surface area contributed by atoms with Crippen molar-refractivity contribution in [3.8, 4) is 5.75 Å². The highest BCUT2D eigenvalue weighted by Gasteiger charge is 2.45. The van der Waals surface area contributed by atoms with Crippen LogP contribution in [0.15, 0.2) is 48.0 Å². The third-order valence-electron chi connectivity index (χ3n) is 6.01. The first-order chi connectivity index (χ1) is 16.2. The predicted molar refractivity (Wildman–Crippen MR) is 133 cm³/mol. The van der Waals surface area contributed by atoms with Gasteiger partial charge in [0.15, 0.2) is 0 Å². The summed E-state index contributed by atoms with van der Waals surface area (Å²) in [4.78, 5) is 29.6. The molecule has 0 aromatic heterocycles. The summed E-state index contributed by atoms with van der Waals surface area (Å²) in [6.45, 7) is 7.04. The number of carbonyl (C=O) groups is 2. The number of ketones is 1. The maximum absolute atomic E-state index is 13.2. The van der Waals surface area contributed by atoms with Crippen LogP contribution in [-0.4, -0.2) is 62.7 Å². The van der Waals surface area contributed by atoms with Gasteiger partial charge in [0.05, 0.1) is 24.8 Å². The molecule has 1 saturated heterocycles. The molecule has 1 aliphatic rings. The fourth-order valence-electron chi connectivity index (χ4n) is 4.19. The first-order valence-electron chi connectivity index (χ1n) is 11.5. The summed E-state index contributed by atoms with van der Waals surface area (Å²) in [5.74, 6) is -0.645. The van der Waals surface area contributed by atoms with Crippen molar-refractivity contribution < 1.29 is 24.2 Å². The van der Waals surface area contributed by atoms with Gasteiger partial charge in [-0.25, -0.2) is 0 Å². The summed E-state index contributed by atoms with van der Waals surface area (Å²) >= 11 is 0. The number of hydrogen-bond acceptors (Lipinski definition) is 6. The Morgan fingerprint density at radius 3 is 2.35 bits per heavy atom. The number of methoxy groups -OCH3 is 1. The zero-order chi connectivity index (χ0) is 25.0. The number of ether oxygens (including phenoxy) is 2. The van der Waals surface area contributed by atoms with Crippen LogP contribution in [-0.2, 0) is 14.3 Å². The molecule has 1 N–H and O–H groups in total. The van der Waals surface area contributed by atoms with Crippen molar-refractivity contribution in [2.24, 2.45) is 0 Å². The second-order valence-corrected chi connectivity index (χ2v) is 8.81. The first-order valence-corrected chi connectivity index (χ1v) is 11.5.